The number of nitrogens with one attached hydrogen (secondary N) is 1. The zero-order valence-electron chi connectivity index (χ0n) is 12.8. The minimum atomic E-state index is -0.201. The summed E-state index contributed by atoms with van der Waals surface area (Å²) >= 11 is 0. The SMILES string of the molecule is COc1ccc(N)c(NC(=O)C2CCCN(C(C)=O)C2)c1.Cl. The molecule has 22 heavy (non-hydrogen) atoms. The Balaban J connectivity index is 0.00000242. The first kappa shape index (κ1) is 18.1. The Bertz CT molecular complexity index is 551. The molecular weight excluding hydrogens is 306 g/mol. The van der Waals surface area contributed by atoms with E-state index in [1.165, 1.54) is 6.92 Å². The van der Waals surface area contributed by atoms with Gasteiger partial charge in [0.15, 0.2) is 0 Å². The zero-order chi connectivity index (χ0) is 15.4. The van der Waals surface area contributed by atoms with Gasteiger partial charge in [0.2, 0.25) is 11.8 Å². The van der Waals surface area contributed by atoms with Crippen molar-refractivity contribution < 1.29 is 14.3 Å². The lowest BCUT2D eigenvalue weighted by Gasteiger charge is -2.31. The fraction of sp³-hybridized carbons (Fsp3) is 0.467. The van der Waals surface area contributed by atoms with Gasteiger partial charge in [-0.15, -0.1) is 12.4 Å². The number of amides is 2. The van der Waals surface area contributed by atoms with E-state index in [4.69, 9.17) is 10.5 Å². The van der Waals surface area contributed by atoms with Crippen LogP contribution in [0, 0.1) is 5.92 Å². The second-order valence-electron chi connectivity index (χ2n) is 5.25. The number of halogens is 1. The Hall–Kier alpha value is -1.95. The lowest BCUT2D eigenvalue weighted by atomic mass is 9.97. The summed E-state index contributed by atoms with van der Waals surface area (Å²) < 4.78 is 5.13. The Morgan fingerprint density at radius 2 is 2.14 bits per heavy atom. The number of nitrogens with zero attached hydrogens (tertiary/aromatic N) is 1. The second kappa shape index (κ2) is 7.89. The Morgan fingerprint density at radius 1 is 1.41 bits per heavy atom. The molecular formula is C15H22ClN3O3. The molecule has 2 amide bonds. The number of ether oxygens (including phenoxy) is 1. The molecule has 0 spiro atoms. The minimum absolute atomic E-state index is 0. The number of hydrogen-bond donors (Lipinski definition) is 2. The first-order valence-electron chi connectivity index (χ1n) is 7.01. The first-order valence-corrected chi connectivity index (χ1v) is 7.01. The highest BCUT2D eigenvalue weighted by atomic mass is 35.5. The lowest BCUT2D eigenvalue weighted by molar-refractivity contribution is -0.132. The summed E-state index contributed by atoms with van der Waals surface area (Å²) in [6.45, 7) is 2.71. The van der Waals surface area contributed by atoms with Crippen LogP contribution in [0.4, 0.5) is 11.4 Å². The Labute approximate surface area is 136 Å². The van der Waals surface area contributed by atoms with Crippen molar-refractivity contribution in [1.29, 1.82) is 0 Å². The number of rotatable bonds is 3. The Kier molecular flexibility index (Phi) is 6.49. The molecule has 2 rings (SSSR count). The molecule has 0 aromatic heterocycles. The molecule has 1 aliphatic rings. The lowest BCUT2D eigenvalue weighted by Crippen LogP contribution is -2.42. The van der Waals surface area contributed by atoms with Gasteiger partial charge in [0.25, 0.3) is 0 Å². The molecule has 122 valence electrons. The molecule has 0 aliphatic carbocycles. The molecule has 1 aromatic carbocycles. The van der Waals surface area contributed by atoms with Gasteiger partial charge in [0.05, 0.1) is 24.4 Å². The second-order valence-corrected chi connectivity index (χ2v) is 5.25. The number of benzene rings is 1. The van der Waals surface area contributed by atoms with Crippen LogP contribution in [0.15, 0.2) is 18.2 Å². The average Bonchev–Trinajstić information content (AvgIpc) is 2.49. The van der Waals surface area contributed by atoms with E-state index in [2.05, 4.69) is 5.32 Å². The molecule has 0 radical (unpaired) electrons. The zero-order valence-corrected chi connectivity index (χ0v) is 13.6. The smallest absolute Gasteiger partial charge is 0.229 e. The maximum Gasteiger partial charge on any atom is 0.229 e. The summed E-state index contributed by atoms with van der Waals surface area (Å²) in [6.07, 6.45) is 1.62. The highest BCUT2D eigenvalue weighted by Crippen LogP contribution is 2.26. The molecule has 3 N–H and O–H groups in total. The Morgan fingerprint density at radius 3 is 2.77 bits per heavy atom. The third-order valence-electron chi connectivity index (χ3n) is 3.76. The van der Waals surface area contributed by atoms with Crippen LogP contribution in [-0.2, 0) is 9.59 Å². The minimum Gasteiger partial charge on any atom is -0.497 e. The van der Waals surface area contributed by atoms with E-state index in [1.54, 1.807) is 30.2 Å². The monoisotopic (exact) mass is 327 g/mol. The number of carbonyl (C=O) groups is 2. The topological polar surface area (TPSA) is 84.7 Å². The van der Waals surface area contributed by atoms with E-state index < -0.39 is 0 Å². The standard InChI is InChI=1S/C15H21N3O3.ClH/c1-10(19)18-7-3-4-11(9-18)15(20)17-14-8-12(21-2)5-6-13(14)16;/h5-6,8,11H,3-4,7,9,16H2,1-2H3,(H,17,20);1H. The fourth-order valence-corrected chi connectivity index (χ4v) is 2.48. The van der Waals surface area contributed by atoms with E-state index in [1.807, 2.05) is 0 Å². The number of likely N-dealkylation sites (tertiary alicyclic amines) is 1. The number of methoxy groups -OCH3 is 1. The number of anilines is 2. The van der Waals surface area contributed by atoms with Crippen LogP contribution >= 0.6 is 12.4 Å². The van der Waals surface area contributed by atoms with Crippen LogP contribution in [-0.4, -0.2) is 36.9 Å². The molecule has 1 unspecified atom stereocenters. The van der Waals surface area contributed by atoms with Gasteiger partial charge in [-0.25, -0.2) is 0 Å². The van der Waals surface area contributed by atoms with Gasteiger partial charge in [0, 0.05) is 26.1 Å². The number of piperidine rings is 1. The van der Waals surface area contributed by atoms with Crippen molar-refractivity contribution in [2.75, 3.05) is 31.2 Å². The van der Waals surface area contributed by atoms with Crippen molar-refractivity contribution in [1.82, 2.24) is 4.90 Å². The molecule has 1 atom stereocenters. The predicted octanol–water partition coefficient (Wildman–Crippen LogP) is 1.90. The normalized spacial score (nSPS) is 17.4. The van der Waals surface area contributed by atoms with Crippen molar-refractivity contribution >= 4 is 35.6 Å². The van der Waals surface area contributed by atoms with Crippen molar-refractivity contribution in [3.8, 4) is 5.75 Å². The number of carbonyl (C=O) groups excluding carboxylic acids is 2. The maximum atomic E-state index is 12.3. The van der Waals surface area contributed by atoms with Gasteiger partial charge in [-0.05, 0) is 25.0 Å². The number of nitrogens with two attached hydrogens (primary N) is 1. The number of hydrogen-bond acceptors (Lipinski definition) is 4. The largest absolute Gasteiger partial charge is 0.497 e. The number of nitrogen functional groups attached to an aromatic ring is 1. The van der Waals surface area contributed by atoms with Crippen molar-refractivity contribution in [2.24, 2.45) is 5.92 Å². The predicted molar refractivity (Wildman–Crippen MR) is 88.3 cm³/mol. The van der Waals surface area contributed by atoms with Crippen molar-refractivity contribution in [3.05, 3.63) is 18.2 Å². The van der Waals surface area contributed by atoms with Gasteiger partial charge in [-0.2, -0.15) is 0 Å². The van der Waals surface area contributed by atoms with Gasteiger partial charge < -0.3 is 20.7 Å². The third kappa shape index (κ3) is 4.27. The molecule has 1 saturated heterocycles. The summed E-state index contributed by atoms with van der Waals surface area (Å²) in [5.41, 5.74) is 6.89. The van der Waals surface area contributed by atoms with E-state index in [-0.39, 0.29) is 30.1 Å². The summed E-state index contributed by atoms with van der Waals surface area (Å²) in [5, 5.41) is 2.83. The molecule has 0 bridgehead atoms. The summed E-state index contributed by atoms with van der Waals surface area (Å²) in [7, 11) is 1.56. The van der Waals surface area contributed by atoms with Gasteiger partial charge >= 0.3 is 0 Å². The molecule has 6 nitrogen and oxygen atoms in total. The average molecular weight is 328 g/mol. The van der Waals surface area contributed by atoms with Crippen LogP contribution < -0.4 is 15.8 Å². The quantitative estimate of drug-likeness (QED) is 0.830. The van der Waals surface area contributed by atoms with Gasteiger partial charge in [-0.3, -0.25) is 9.59 Å². The van der Waals surface area contributed by atoms with Crippen molar-refractivity contribution in [2.45, 2.75) is 19.8 Å². The van der Waals surface area contributed by atoms with Crippen LogP contribution in [0.3, 0.4) is 0 Å². The van der Waals surface area contributed by atoms with E-state index in [9.17, 15) is 9.59 Å². The molecule has 1 fully saturated rings. The van der Waals surface area contributed by atoms with Gasteiger partial charge in [0.1, 0.15) is 5.75 Å². The maximum absolute atomic E-state index is 12.3. The summed E-state index contributed by atoms with van der Waals surface area (Å²) in [5.74, 6) is 0.330. The van der Waals surface area contributed by atoms with Gasteiger partial charge in [-0.1, -0.05) is 0 Å². The van der Waals surface area contributed by atoms with E-state index >= 15 is 0 Å². The van der Waals surface area contributed by atoms with E-state index in [0.29, 0.717) is 23.7 Å². The summed E-state index contributed by atoms with van der Waals surface area (Å²) in [6, 6.07) is 5.12. The molecule has 1 aromatic rings. The molecule has 7 heteroatoms. The molecule has 0 saturated carbocycles. The van der Waals surface area contributed by atoms with Crippen LogP contribution in [0.5, 0.6) is 5.75 Å². The third-order valence-corrected chi connectivity index (χ3v) is 3.76. The highest BCUT2D eigenvalue weighted by molar-refractivity contribution is 5.96. The molecule has 1 aliphatic heterocycles. The van der Waals surface area contributed by atoms with E-state index in [0.717, 1.165) is 19.4 Å². The molecule has 1 heterocycles. The highest BCUT2D eigenvalue weighted by Gasteiger charge is 2.27. The fourth-order valence-electron chi connectivity index (χ4n) is 2.48. The first-order chi connectivity index (χ1) is 10.0. The van der Waals surface area contributed by atoms with Crippen molar-refractivity contribution in [3.63, 3.8) is 0 Å². The summed E-state index contributed by atoms with van der Waals surface area (Å²) in [4.78, 5) is 25.5. The van der Waals surface area contributed by atoms with Crippen LogP contribution in [0.1, 0.15) is 19.8 Å². The van der Waals surface area contributed by atoms with Crippen LogP contribution in [0.25, 0.3) is 0 Å². The van der Waals surface area contributed by atoms with Crippen LogP contribution in [0.2, 0.25) is 0 Å².